The highest BCUT2D eigenvalue weighted by atomic mass is 16.1. The second-order valence-electron chi connectivity index (χ2n) is 5.13. The van der Waals surface area contributed by atoms with Gasteiger partial charge in [0.15, 0.2) is 0 Å². The maximum atomic E-state index is 11.0. The maximum absolute atomic E-state index is 11.0. The summed E-state index contributed by atoms with van der Waals surface area (Å²) in [7, 11) is 0. The first kappa shape index (κ1) is 10.9. The molecule has 3 nitrogen and oxygen atoms in total. The van der Waals surface area contributed by atoms with E-state index < -0.39 is 0 Å². The van der Waals surface area contributed by atoms with Gasteiger partial charge < -0.3 is 10.6 Å². The minimum atomic E-state index is 0.219. The molecule has 1 saturated carbocycles. The zero-order chi connectivity index (χ0) is 10.7. The average Bonchev–Trinajstić information content (AvgIpc) is 2.77. The van der Waals surface area contributed by atoms with Gasteiger partial charge in [-0.15, -0.1) is 0 Å². The Hall–Kier alpha value is -0.570. The van der Waals surface area contributed by atoms with Gasteiger partial charge in [0.1, 0.15) is 0 Å². The molecule has 3 atom stereocenters. The molecule has 2 aliphatic rings. The Bertz CT molecular complexity index is 230. The van der Waals surface area contributed by atoms with E-state index in [4.69, 9.17) is 0 Å². The van der Waals surface area contributed by atoms with Crippen molar-refractivity contribution in [1.82, 2.24) is 10.6 Å². The van der Waals surface area contributed by atoms with Gasteiger partial charge in [-0.1, -0.05) is 19.8 Å². The van der Waals surface area contributed by atoms with E-state index in [0.29, 0.717) is 12.5 Å². The lowest BCUT2D eigenvalue weighted by Gasteiger charge is -2.17. The summed E-state index contributed by atoms with van der Waals surface area (Å²) in [5, 5.41) is 6.49. The van der Waals surface area contributed by atoms with Crippen LogP contribution in [0.1, 0.15) is 39.0 Å². The van der Waals surface area contributed by atoms with E-state index in [1.165, 1.54) is 19.3 Å². The molecule has 0 aromatic carbocycles. The first-order valence-electron chi connectivity index (χ1n) is 6.26. The molecule has 0 bridgehead atoms. The molecule has 0 spiro atoms. The summed E-state index contributed by atoms with van der Waals surface area (Å²) in [6, 6.07) is 0.384. The van der Waals surface area contributed by atoms with E-state index in [0.717, 1.165) is 31.3 Å². The average molecular weight is 210 g/mol. The summed E-state index contributed by atoms with van der Waals surface area (Å²) in [6.07, 6.45) is 5.89. The van der Waals surface area contributed by atoms with Gasteiger partial charge in [0, 0.05) is 19.0 Å². The van der Waals surface area contributed by atoms with Crippen molar-refractivity contribution in [2.45, 2.75) is 45.1 Å². The van der Waals surface area contributed by atoms with Crippen LogP contribution in [-0.4, -0.2) is 25.0 Å². The quantitative estimate of drug-likeness (QED) is 0.734. The fourth-order valence-corrected chi connectivity index (χ4v) is 2.80. The van der Waals surface area contributed by atoms with Gasteiger partial charge in [-0.25, -0.2) is 0 Å². The molecule has 0 aromatic heterocycles. The number of nitrogens with one attached hydrogen (secondary N) is 2. The standard InChI is InChI=1S/C12H22N2O/c1-9-3-2-4-10(9)7-13-8-11-5-6-12(15)14-11/h9-11,13H,2-8H2,1H3,(H,14,15). The molecule has 1 amide bonds. The van der Waals surface area contributed by atoms with Gasteiger partial charge in [0.25, 0.3) is 0 Å². The third kappa shape index (κ3) is 2.94. The Kier molecular flexibility index (Phi) is 3.62. The van der Waals surface area contributed by atoms with Crippen LogP contribution in [0.5, 0.6) is 0 Å². The second kappa shape index (κ2) is 4.97. The molecule has 3 heteroatoms. The molecule has 1 aliphatic carbocycles. The Labute approximate surface area is 92.0 Å². The molecule has 1 saturated heterocycles. The number of carbonyl (C=O) groups excluding carboxylic acids is 1. The van der Waals surface area contributed by atoms with Crippen LogP contribution in [-0.2, 0) is 4.79 Å². The topological polar surface area (TPSA) is 41.1 Å². The second-order valence-corrected chi connectivity index (χ2v) is 5.13. The Morgan fingerprint density at radius 1 is 1.33 bits per heavy atom. The lowest BCUT2D eigenvalue weighted by Crippen LogP contribution is -2.37. The van der Waals surface area contributed by atoms with Crippen LogP contribution in [0.4, 0.5) is 0 Å². The highest BCUT2D eigenvalue weighted by molar-refractivity contribution is 5.78. The van der Waals surface area contributed by atoms with E-state index in [2.05, 4.69) is 17.6 Å². The van der Waals surface area contributed by atoms with E-state index in [-0.39, 0.29) is 5.91 Å². The van der Waals surface area contributed by atoms with E-state index in [9.17, 15) is 4.79 Å². The molecule has 1 aliphatic heterocycles. The largest absolute Gasteiger partial charge is 0.352 e. The number of rotatable bonds is 4. The third-order valence-corrected chi connectivity index (χ3v) is 3.92. The van der Waals surface area contributed by atoms with Gasteiger partial charge in [-0.2, -0.15) is 0 Å². The Morgan fingerprint density at radius 3 is 2.80 bits per heavy atom. The SMILES string of the molecule is CC1CCCC1CNCC1CCC(=O)N1. The van der Waals surface area contributed by atoms with Gasteiger partial charge in [0.2, 0.25) is 5.91 Å². The summed E-state index contributed by atoms with van der Waals surface area (Å²) in [6.45, 7) is 4.44. The van der Waals surface area contributed by atoms with Crippen molar-refractivity contribution in [3.8, 4) is 0 Å². The van der Waals surface area contributed by atoms with Crippen molar-refractivity contribution < 1.29 is 4.79 Å². The van der Waals surface area contributed by atoms with Crippen molar-refractivity contribution >= 4 is 5.91 Å². The normalized spacial score (nSPS) is 35.8. The molecule has 2 rings (SSSR count). The van der Waals surface area contributed by atoms with Crippen molar-refractivity contribution in [1.29, 1.82) is 0 Å². The summed E-state index contributed by atoms with van der Waals surface area (Å²) in [5.41, 5.74) is 0. The molecule has 2 N–H and O–H groups in total. The molecule has 0 aromatic rings. The summed E-state index contributed by atoms with van der Waals surface area (Å²) < 4.78 is 0. The minimum Gasteiger partial charge on any atom is -0.352 e. The van der Waals surface area contributed by atoms with E-state index in [1.54, 1.807) is 0 Å². The predicted octanol–water partition coefficient (Wildman–Crippen LogP) is 1.29. The predicted molar refractivity (Wildman–Crippen MR) is 60.5 cm³/mol. The van der Waals surface area contributed by atoms with Crippen molar-refractivity contribution in [2.24, 2.45) is 11.8 Å². The monoisotopic (exact) mass is 210 g/mol. The Balaban J connectivity index is 1.60. The third-order valence-electron chi connectivity index (χ3n) is 3.92. The van der Waals surface area contributed by atoms with Crippen molar-refractivity contribution in [2.75, 3.05) is 13.1 Å². The zero-order valence-corrected chi connectivity index (χ0v) is 9.59. The number of hydrogen-bond acceptors (Lipinski definition) is 2. The van der Waals surface area contributed by atoms with E-state index >= 15 is 0 Å². The number of hydrogen-bond donors (Lipinski definition) is 2. The van der Waals surface area contributed by atoms with Crippen LogP contribution >= 0.6 is 0 Å². The Morgan fingerprint density at radius 2 is 2.20 bits per heavy atom. The highest BCUT2D eigenvalue weighted by Crippen LogP contribution is 2.30. The molecule has 0 radical (unpaired) electrons. The summed E-state index contributed by atoms with van der Waals surface area (Å²) >= 11 is 0. The van der Waals surface area contributed by atoms with Gasteiger partial charge in [-0.05, 0) is 31.2 Å². The lowest BCUT2D eigenvalue weighted by molar-refractivity contribution is -0.119. The van der Waals surface area contributed by atoms with Crippen molar-refractivity contribution in [3.05, 3.63) is 0 Å². The fraction of sp³-hybridized carbons (Fsp3) is 0.917. The summed E-state index contributed by atoms with van der Waals surface area (Å²) in [4.78, 5) is 11.0. The van der Waals surface area contributed by atoms with Crippen LogP contribution in [0.3, 0.4) is 0 Å². The van der Waals surface area contributed by atoms with Crippen LogP contribution in [0.2, 0.25) is 0 Å². The zero-order valence-electron chi connectivity index (χ0n) is 9.59. The number of amides is 1. The smallest absolute Gasteiger partial charge is 0.220 e. The van der Waals surface area contributed by atoms with Crippen molar-refractivity contribution in [3.63, 3.8) is 0 Å². The molecular weight excluding hydrogens is 188 g/mol. The van der Waals surface area contributed by atoms with Crippen LogP contribution in [0, 0.1) is 11.8 Å². The molecule has 2 fully saturated rings. The van der Waals surface area contributed by atoms with Gasteiger partial charge >= 0.3 is 0 Å². The maximum Gasteiger partial charge on any atom is 0.220 e. The molecule has 86 valence electrons. The molecule has 1 heterocycles. The van der Waals surface area contributed by atoms with Crippen LogP contribution < -0.4 is 10.6 Å². The van der Waals surface area contributed by atoms with E-state index in [1.807, 2.05) is 0 Å². The van der Waals surface area contributed by atoms with Gasteiger partial charge in [0.05, 0.1) is 0 Å². The van der Waals surface area contributed by atoms with Crippen LogP contribution in [0.25, 0.3) is 0 Å². The molecule has 15 heavy (non-hydrogen) atoms. The highest BCUT2D eigenvalue weighted by Gasteiger charge is 2.24. The lowest BCUT2D eigenvalue weighted by atomic mass is 9.98. The first-order chi connectivity index (χ1) is 7.25. The minimum absolute atomic E-state index is 0.219. The first-order valence-corrected chi connectivity index (χ1v) is 6.26. The van der Waals surface area contributed by atoms with Crippen LogP contribution in [0.15, 0.2) is 0 Å². The summed E-state index contributed by atoms with van der Waals surface area (Å²) in [5.74, 6) is 1.97. The molecular formula is C12H22N2O. The van der Waals surface area contributed by atoms with Gasteiger partial charge in [-0.3, -0.25) is 4.79 Å². The number of carbonyl (C=O) groups is 1. The molecule has 3 unspecified atom stereocenters. The fourth-order valence-electron chi connectivity index (χ4n) is 2.80.